The first-order valence-electron chi connectivity index (χ1n) is 14.7. The summed E-state index contributed by atoms with van der Waals surface area (Å²) >= 11 is 0. The number of carbonyl (C=O) groups excluding carboxylic acids is 2. The SMILES string of the molecule is Cc1cc(F)ccc1[C@H]1C[C@]2(CCCN2C(=O)OC(C)(C)C)CCN1C(=O)N(C)[C@H](C)c1cc(C(F)(F)F)cc(C(F)(F)F)c1. The van der Waals surface area contributed by atoms with Crippen molar-refractivity contribution in [1.82, 2.24) is 14.7 Å². The van der Waals surface area contributed by atoms with Crippen molar-refractivity contribution in [1.29, 1.82) is 0 Å². The summed E-state index contributed by atoms with van der Waals surface area (Å²) in [5, 5.41) is 0. The molecule has 2 fully saturated rings. The van der Waals surface area contributed by atoms with Crippen LogP contribution in [0.2, 0.25) is 0 Å². The minimum absolute atomic E-state index is 0.0491. The van der Waals surface area contributed by atoms with Crippen LogP contribution in [0.4, 0.5) is 40.3 Å². The summed E-state index contributed by atoms with van der Waals surface area (Å²) in [5.41, 5.74) is -3.50. The molecular formula is C32H38F7N3O3. The Morgan fingerprint density at radius 3 is 2.09 bits per heavy atom. The fourth-order valence-electron chi connectivity index (χ4n) is 6.40. The smallest absolute Gasteiger partial charge is 0.416 e. The van der Waals surface area contributed by atoms with Gasteiger partial charge in [0.15, 0.2) is 0 Å². The molecule has 248 valence electrons. The standard InChI is InChI=1S/C32H38F7N3O3/c1-19-14-24(33)8-9-25(19)26-18-30(10-7-12-42(30)28(44)45-29(3,4)5)11-13-41(26)27(43)40(6)20(2)21-15-22(31(34,35)36)17-23(16-21)32(37,38)39/h8-9,14-17,20,26H,7,10-13,18H2,1-6H3/t20-,26-,30+/m1/s1. The zero-order valence-corrected chi connectivity index (χ0v) is 26.1. The molecule has 13 heteroatoms. The van der Waals surface area contributed by atoms with Crippen LogP contribution in [-0.4, -0.2) is 58.1 Å². The normalized spacial score (nSPS) is 21.7. The van der Waals surface area contributed by atoms with Crippen LogP contribution >= 0.6 is 0 Å². The third-order valence-corrected chi connectivity index (χ3v) is 8.79. The number of amides is 3. The van der Waals surface area contributed by atoms with Gasteiger partial charge in [-0.1, -0.05) is 6.07 Å². The van der Waals surface area contributed by atoms with E-state index in [1.165, 1.54) is 31.0 Å². The summed E-state index contributed by atoms with van der Waals surface area (Å²) in [6.07, 6.45) is -8.55. The third-order valence-electron chi connectivity index (χ3n) is 8.79. The summed E-state index contributed by atoms with van der Waals surface area (Å²) in [6.45, 7) is 8.92. The molecule has 0 N–H and O–H groups in total. The van der Waals surface area contributed by atoms with Gasteiger partial charge >= 0.3 is 24.5 Å². The minimum Gasteiger partial charge on any atom is -0.444 e. The van der Waals surface area contributed by atoms with Crippen molar-refractivity contribution in [2.75, 3.05) is 20.1 Å². The number of carbonyl (C=O) groups is 2. The fourth-order valence-corrected chi connectivity index (χ4v) is 6.40. The molecule has 4 rings (SSSR count). The quantitative estimate of drug-likeness (QED) is 0.314. The molecular weight excluding hydrogens is 607 g/mol. The predicted molar refractivity (Wildman–Crippen MR) is 153 cm³/mol. The fraction of sp³-hybridized carbons (Fsp3) is 0.562. The van der Waals surface area contributed by atoms with Crippen LogP contribution in [0, 0.1) is 12.7 Å². The van der Waals surface area contributed by atoms with Crippen LogP contribution in [-0.2, 0) is 17.1 Å². The summed E-state index contributed by atoms with van der Waals surface area (Å²) in [5.74, 6) is -0.480. The number of nitrogens with zero attached hydrogens (tertiary/aromatic N) is 3. The van der Waals surface area contributed by atoms with Crippen molar-refractivity contribution in [3.05, 3.63) is 70.0 Å². The van der Waals surface area contributed by atoms with Crippen molar-refractivity contribution in [2.45, 2.75) is 95.9 Å². The van der Waals surface area contributed by atoms with Crippen molar-refractivity contribution in [3.8, 4) is 0 Å². The number of hydrogen-bond acceptors (Lipinski definition) is 3. The summed E-state index contributed by atoms with van der Waals surface area (Å²) in [4.78, 5) is 31.6. The molecule has 6 nitrogen and oxygen atoms in total. The number of likely N-dealkylation sites (tertiary alicyclic amines) is 2. The molecule has 2 aromatic rings. The molecule has 0 aliphatic carbocycles. The lowest BCUT2D eigenvalue weighted by atomic mass is 9.78. The molecule has 0 aromatic heterocycles. The van der Waals surface area contributed by atoms with E-state index in [1.807, 2.05) is 0 Å². The van der Waals surface area contributed by atoms with Crippen molar-refractivity contribution in [2.24, 2.45) is 0 Å². The van der Waals surface area contributed by atoms with Crippen LogP contribution in [0.15, 0.2) is 36.4 Å². The average molecular weight is 646 g/mol. The molecule has 2 aromatic carbocycles. The van der Waals surface area contributed by atoms with Gasteiger partial charge in [0.25, 0.3) is 0 Å². The van der Waals surface area contributed by atoms with E-state index in [-0.39, 0.29) is 24.6 Å². The van der Waals surface area contributed by atoms with E-state index < -0.39 is 64.6 Å². The van der Waals surface area contributed by atoms with Gasteiger partial charge in [-0.2, -0.15) is 26.3 Å². The van der Waals surface area contributed by atoms with E-state index in [1.54, 1.807) is 38.7 Å². The zero-order valence-electron chi connectivity index (χ0n) is 26.1. The highest BCUT2D eigenvalue weighted by molar-refractivity contribution is 5.76. The van der Waals surface area contributed by atoms with E-state index in [0.29, 0.717) is 49.1 Å². The maximum absolute atomic E-state index is 14.1. The van der Waals surface area contributed by atoms with Gasteiger partial charge in [-0.15, -0.1) is 0 Å². The van der Waals surface area contributed by atoms with Crippen LogP contribution in [0.1, 0.15) is 93.3 Å². The Morgan fingerprint density at radius 1 is 0.956 bits per heavy atom. The van der Waals surface area contributed by atoms with E-state index in [9.17, 15) is 40.3 Å². The molecule has 2 aliphatic rings. The molecule has 0 bridgehead atoms. The summed E-state index contributed by atoms with van der Waals surface area (Å²) in [6, 6.07) is 2.97. The molecule has 45 heavy (non-hydrogen) atoms. The molecule has 0 saturated carbocycles. The number of aryl methyl sites for hydroxylation is 1. The Hall–Kier alpha value is -3.51. The minimum atomic E-state index is -5.04. The zero-order chi connectivity index (χ0) is 33.7. The Kier molecular flexibility index (Phi) is 9.18. The second-order valence-corrected chi connectivity index (χ2v) is 13.0. The largest absolute Gasteiger partial charge is 0.444 e. The van der Waals surface area contributed by atoms with E-state index in [2.05, 4.69) is 0 Å². The predicted octanol–water partition coefficient (Wildman–Crippen LogP) is 8.89. The second kappa shape index (κ2) is 12.0. The van der Waals surface area contributed by atoms with Crippen LogP contribution in [0.25, 0.3) is 0 Å². The van der Waals surface area contributed by atoms with Crippen molar-refractivity contribution in [3.63, 3.8) is 0 Å². The van der Waals surface area contributed by atoms with Gasteiger partial charge in [0.2, 0.25) is 0 Å². The first-order chi connectivity index (χ1) is 20.6. The molecule has 2 saturated heterocycles. The number of benzene rings is 2. The Balaban J connectivity index is 1.70. The average Bonchev–Trinajstić information content (AvgIpc) is 3.32. The van der Waals surface area contributed by atoms with Gasteiger partial charge in [-0.25, -0.2) is 14.0 Å². The molecule has 2 heterocycles. The van der Waals surface area contributed by atoms with Crippen molar-refractivity contribution >= 4 is 12.1 Å². The number of halogens is 7. The van der Waals surface area contributed by atoms with E-state index in [0.717, 1.165) is 4.90 Å². The molecule has 3 atom stereocenters. The molecule has 0 radical (unpaired) electrons. The van der Waals surface area contributed by atoms with Gasteiger partial charge in [0.05, 0.1) is 28.7 Å². The van der Waals surface area contributed by atoms with Gasteiger partial charge in [-0.3, -0.25) is 0 Å². The molecule has 3 amide bonds. The number of hydrogen-bond donors (Lipinski definition) is 0. The topological polar surface area (TPSA) is 53.1 Å². The Morgan fingerprint density at radius 2 is 1.56 bits per heavy atom. The Bertz CT molecular complexity index is 1400. The number of urea groups is 1. The van der Waals surface area contributed by atoms with Crippen LogP contribution in [0.5, 0.6) is 0 Å². The van der Waals surface area contributed by atoms with Crippen LogP contribution in [0.3, 0.4) is 0 Å². The van der Waals surface area contributed by atoms with E-state index >= 15 is 0 Å². The first-order valence-corrected chi connectivity index (χ1v) is 14.7. The monoisotopic (exact) mass is 645 g/mol. The highest BCUT2D eigenvalue weighted by Crippen LogP contribution is 2.47. The van der Waals surface area contributed by atoms with Gasteiger partial charge in [0.1, 0.15) is 11.4 Å². The lowest BCUT2D eigenvalue weighted by Gasteiger charge is -2.50. The molecule has 0 unspecified atom stereocenters. The van der Waals surface area contributed by atoms with Gasteiger partial charge in [0, 0.05) is 20.1 Å². The number of ether oxygens (including phenoxy) is 1. The first kappa shape index (κ1) is 34.4. The highest BCUT2D eigenvalue weighted by Gasteiger charge is 2.51. The van der Waals surface area contributed by atoms with Crippen LogP contribution < -0.4 is 0 Å². The highest BCUT2D eigenvalue weighted by atomic mass is 19.4. The molecule has 2 aliphatic heterocycles. The van der Waals surface area contributed by atoms with Gasteiger partial charge in [-0.05, 0) is 107 Å². The summed E-state index contributed by atoms with van der Waals surface area (Å²) < 4.78 is 101. The summed E-state index contributed by atoms with van der Waals surface area (Å²) in [7, 11) is 1.32. The lowest BCUT2D eigenvalue weighted by Crippen LogP contribution is -2.58. The number of piperidine rings is 1. The maximum atomic E-state index is 14.1. The Labute approximate surface area is 258 Å². The maximum Gasteiger partial charge on any atom is 0.416 e. The van der Waals surface area contributed by atoms with Crippen molar-refractivity contribution < 1.29 is 45.1 Å². The number of rotatable bonds is 3. The second-order valence-electron chi connectivity index (χ2n) is 13.0. The number of alkyl halides is 6. The molecule has 1 spiro atoms. The third kappa shape index (κ3) is 7.33. The lowest BCUT2D eigenvalue weighted by molar-refractivity contribution is -0.143. The van der Waals surface area contributed by atoms with Gasteiger partial charge < -0.3 is 19.4 Å². The van der Waals surface area contributed by atoms with E-state index in [4.69, 9.17) is 4.74 Å².